The number of aliphatic carboxylic acids is 1. The number of carbonyl (C=O) groups excluding carboxylic acids is 1. The molecular weight excluding hydrogens is 200 g/mol. The van der Waals surface area contributed by atoms with Crippen molar-refractivity contribution < 1.29 is 14.7 Å². The van der Waals surface area contributed by atoms with E-state index in [1.165, 1.54) is 15.8 Å². The summed E-state index contributed by atoms with van der Waals surface area (Å²) in [5.74, 6) is -1.31. The largest absolute Gasteiger partial charge is 0.480 e. The van der Waals surface area contributed by atoms with Crippen LogP contribution >= 0.6 is 0 Å². The van der Waals surface area contributed by atoms with Crippen LogP contribution in [0, 0.1) is 0 Å². The Hall–Kier alpha value is -1.92. The van der Waals surface area contributed by atoms with Gasteiger partial charge in [-0.1, -0.05) is 5.21 Å². The molecule has 0 unspecified atom stereocenters. The third-order valence-corrected chi connectivity index (χ3v) is 1.83. The van der Waals surface area contributed by atoms with Crippen LogP contribution < -0.4 is 0 Å². The predicted molar refractivity (Wildman–Crippen MR) is 49.9 cm³/mol. The summed E-state index contributed by atoms with van der Waals surface area (Å²) in [6, 6.07) is 0. The molecule has 7 nitrogen and oxygen atoms in total. The summed E-state index contributed by atoms with van der Waals surface area (Å²) in [6.45, 7) is 1.81. The minimum absolute atomic E-state index is 0.0150. The maximum absolute atomic E-state index is 11.6. The monoisotopic (exact) mass is 212 g/mol. The van der Waals surface area contributed by atoms with Gasteiger partial charge in [0.15, 0.2) is 0 Å². The van der Waals surface area contributed by atoms with E-state index >= 15 is 0 Å². The lowest BCUT2D eigenvalue weighted by Crippen LogP contribution is -2.37. The molecule has 1 amide bonds. The summed E-state index contributed by atoms with van der Waals surface area (Å²) in [5, 5.41) is 15.7. The van der Waals surface area contributed by atoms with E-state index in [0.717, 1.165) is 0 Å². The Morgan fingerprint density at radius 3 is 2.73 bits per heavy atom. The van der Waals surface area contributed by atoms with Crippen molar-refractivity contribution in [2.75, 3.05) is 13.1 Å². The van der Waals surface area contributed by atoms with Gasteiger partial charge in [0.25, 0.3) is 0 Å². The second-order valence-electron chi connectivity index (χ2n) is 2.90. The van der Waals surface area contributed by atoms with E-state index in [4.69, 9.17) is 5.11 Å². The normalized spacial score (nSPS) is 9.93. The van der Waals surface area contributed by atoms with E-state index in [1.807, 2.05) is 0 Å². The van der Waals surface area contributed by atoms with Gasteiger partial charge in [-0.2, -0.15) is 0 Å². The number of aromatic nitrogens is 3. The third kappa shape index (κ3) is 3.37. The van der Waals surface area contributed by atoms with E-state index in [2.05, 4.69) is 10.3 Å². The lowest BCUT2D eigenvalue weighted by molar-refractivity contribution is -0.144. The molecule has 0 bridgehead atoms. The zero-order valence-corrected chi connectivity index (χ0v) is 8.33. The Labute approximate surface area is 86.3 Å². The molecule has 0 saturated heterocycles. The first-order chi connectivity index (χ1) is 7.13. The van der Waals surface area contributed by atoms with Crippen molar-refractivity contribution in [3.05, 3.63) is 12.4 Å². The maximum Gasteiger partial charge on any atom is 0.323 e. The minimum atomic E-state index is -1.02. The Morgan fingerprint density at radius 2 is 2.27 bits per heavy atom. The van der Waals surface area contributed by atoms with Crippen molar-refractivity contribution in [1.29, 1.82) is 0 Å². The first kappa shape index (κ1) is 11.2. The quantitative estimate of drug-likeness (QED) is 0.691. The zero-order chi connectivity index (χ0) is 11.3. The highest BCUT2D eigenvalue weighted by atomic mass is 16.4. The zero-order valence-electron chi connectivity index (χ0n) is 8.33. The van der Waals surface area contributed by atoms with Gasteiger partial charge in [-0.3, -0.25) is 9.59 Å². The van der Waals surface area contributed by atoms with Crippen LogP contribution in [0.1, 0.15) is 6.92 Å². The summed E-state index contributed by atoms with van der Waals surface area (Å²) in [7, 11) is 0. The van der Waals surface area contributed by atoms with Crippen molar-refractivity contribution in [3.63, 3.8) is 0 Å². The Bertz CT molecular complexity index is 336. The van der Waals surface area contributed by atoms with Crippen LogP contribution in [-0.2, 0) is 16.1 Å². The fourth-order valence-corrected chi connectivity index (χ4v) is 1.10. The highest BCUT2D eigenvalue weighted by Crippen LogP contribution is 1.92. The van der Waals surface area contributed by atoms with Gasteiger partial charge in [0.05, 0.1) is 6.20 Å². The van der Waals surface area contributed by atoms with Gasteiger partial charge in [-0.15, -0.1) is 5.10 Å². The van der Waals surface area contributed by atoms with Crippen molar-refractivity contribution in [1.82, 2.24) is 19.9 Å². The molecule has 0 aromatic carbocycles. The highest BCUT2D eigenvalue weighted by Gasteiger charge is 2.15. The van der Waals surface area contributed by atoms with Crippen LogP contribution in [0.25, 0.3) is 0 Å². The lowest BCUT2D eigenvalue weighted by Gasteiger charge is -2.17. The maximum atomic E-state index is 11.6. The second kappa shape index (κ2) is 5.08. The molecular formula is C8H12N4O3. The minimum Gasteiger partial charge on any atom is -0.480 e. The van der Waals surface area contributed by atoms with Crippen LogP contribution in [0.4, 0.5) is 0 Å². The molecule has 0 fully saturated rings. The number of carboxylic acids is 1. The highest BCUT2D eigenvalue weighted by molar-refractivity contribution is 5.81. The summed E-state index contributed by atoms with van der Waals surface area (Å²) >= 11 is 0. The Kier molecular flexibility index (Phi) is 3.78. The molecule has 0 aliphatic heterocycles. The number of hydrogen-bond donors (Lipinski definition) is 1. The molecule has 82 valence electrons. The number of likely N-dealkylation sites (N-methyl/N-ethyl adjacent to an activating group) is 1. The van der Waals surface area contributed by atoms with E-state index in [1.54, 1.807) is 13.1 Å². The average molecular weight is 212 g/mol. The van der Waals surface area contributed by atoms with Gasteiger partial charge < -0.3 is 10.0 Å². The number of rotatable bonds is 5. The van der Waals surface area contributed by atoms with E-state index < -0.39 is 5.97 Å². The summed E-state index contributed by atoms with van der Waals surface area (Å²) in [5.41, 5.74) is 0. The average Bonchev–Trinajstić information content (AvgIpc) is 2.66. The molecule has 1 aromatic heterocycles. The smallest absolute Gasteiger partial charge is 0.323 e. The second-order valence-corrected chi connectivity index (χ2v) is 2.90. The summed E-state index contributed by atoms with van der Waals surface area (Å²) < 4.78 is 1.35. The van der Waals surface area contributed by atoms with E-state index in [0.29, 0.717) is 6.54 Å². The van der Waals surface area contributed by atoms with Crippen molar-refractivity contribution in [3.8, 4) is 0 Å². The summed E-state index contributed by atoms with van der Waals surface area (Å²) in [4.78, 5) is 23.2. The number of hydrogen-bond acceptors (Lipinski definition) is 4. The Balaban J connectivity index is 2.54. The SMILES string of the molecule is CCN(CC(=O)O)C(=O)Cn1ccnn1. The lowest BCUT2D eigenvalue weighted by atomic mass is 10.4. The van der Waals surface area contributed by atoms with Crippen LogP contribution in [-0.4, -0.2) is 50.0 Å². The van der Waals surface area contributed by atoms with Crippen molar-refractivity contribution in [2.45, 2.75) is 13.5 Å². The fraction of sp³-hybridized carbons (Fsp3) is 0.500. The van der Waals surface area contributed by atoms with Gasteiger partial charge in [0.1, 0.15) is 13.1 Å². The van der Waals surface area contributed by atoms with Crippen LogP contribution in [0.3, 0.4) is 0 Å². The Morgan fingerprint density at radius 1 is 1.53 bits per heavy atom. The molecule has 1 rings (SSSR count). The van der Waals surface area contributed by atoms with Gasteiger partial charge in [0.2, 0.25) is 5.91 Å². The third-order valence-electron chi connectivity index (χ3n) is 1.83. The molecule has 1 aromatic rings. The number of carbonyl (C=O) groups is 2. The van der Waals surface area contributed by atoms with Gasteiger partial charge in [0, 0.05) is 12.7 Å². The molecule has 0 radical (unpaired) electrons. The first-order valence-electron chi connectivity index (χ1n) is 4.47. The number of amides is 1. The summed E-state index contributed by atoms with van der Waals surface area (Å²) in [6.07, 6.45) is 3.01. The molecule has 1 heterocycles. The van der Waals surface area contributed by atoms with E-state index in [9.17, 15) is 9.59 Å². The topological polar surface area (TPSA) is 88.3 Å². The van der Waals surface area contributed by atoms with E-state index in [-0.39, 0.29) is 19.0 Å². The first-order valence-corrected chi connectivity index (χ1v) is 4.47. The molecule has 0 atom stereocenters. The fourth-order valence-electron chi connectivity index (χ4n) is 1.10. The van der Waals surface area contributed by atoms with Gasteiger partial charge in [-0.25, -0.2) is 4.68 Å². The molecule has 0 aliphatic rings. The van der Waals surface area contributed by atoms with Gasteiger partial charge >= 0.3 is 5.97 Å². The van der Waals surface area contributed by atoms with Crippen LogP contribution in [0.5, 0.6) is 0 Å². The number of carboxylic acid groups (broad SMARTS) is 1. The van der Waals surface area contributed by atoms with Gasteiger partial charge in [-0.05, 0) is 6.92 Å². The predicted octanol–water partition coefficient (Wildman–Crippen LogP) is -0.789. The number of nitrogens with zero attached hydrogens (tertiary/aromatic N) is 4. The molecule has 15 heavy (non-hydrogen) atoms. The van der Waals surface area contributed by atoms with Crippen LogP contribution in [0.15, 0.2) is 12.4 Å². The molecule has 0 spiro atoms. The van der Waals surface area contributed by atoms with Crippen molar-refractivity contribution >= 4 is 11.9 Å². The molecule has 1 N–H and O–H groups in total. The molecule has 0 saturated carbocycles. The van der Waals surface area contributed by atoms with Crippen LogP contribution in [0.2, 0.25) is 0 Å². The standard InChI is InChI=1S/C8H12N4O3/c1-2-11(6-8(14)15)7(13)5-12-4-3-9-10-12/h3-4H,2,5-6H2,1H3,(H,14,15). The molecule has 0 aliphatic carbocycles. The van der Waals surface area contributed by atoms with Crippen molar-refractivity contribution in [2.24, 2.45) is 0 Å². The molecule has 7 heteroatoms.